The standard InChI is InChI=1S/C23H22N4O3S/c24-23(25)27-17-11-9-16(10-12-17)22(30)26-18-7-4-8-19(13-18)31-20(14-21(28)29)15-5-2-1-3-6-15/h1-13,20H,14H2,(H,26,30)(H,28,29)(H4,24,25,27). The van der Waals surface area contributed by atoms with Gasteiger partial charge in [0.15, 0.2) is 5.96 Å². The molecule has 6 N–H and O–H groups in total. The van der Waals surface area contributed by atoms with E-state index >= 15 is 0 Å². The summed E-state index contributed by atoms with van der Waals surface area (Å²) in [6, 6.07) is 23.4. The fraction of sp³-hybridized carbons (Fsp3) is 0.0870. The van der Waals surface area contributed by atoms with E-state index in [1.807, 2.05) is 48.5 Å². The molecule has 0 aromatic heterocycles. The Morgan fingerprint density at radius 2 is 1.65 bits per heavy atom. The predicted octanol–water partition coefficient (Wildman–Crippen LogP) is 4.55. The third-order valence-corrected chi connectivity index (χ3v) is 5.58. The Morgan fingerprint density at radius 3 is 2.29 bits per heavy atom. The van der Waals surface area contributed by atoms with Crippen LogP contribution in [-0.4, -0.2) is 22.9 Å². The van der Waals surface area contributed by atoms with Gasteiger partial charge < -0.3 is 21.5 Å². The van der Waals surface area contributed by atoms with Crippen LogP contribution in [0.15, 0.2) is 83.8 Å². The second kappa shape index (κ2) is 10.3. The van der Waals surface area contributed by atoms with E-state index < -0.39 is 5.97 Å². The molecule has 1 unspecified atom stereocenters. The lowest BCUT2D eigenvalue weighted by Crippen LogP contribution is -2.20. The number of hydrogen-bond acceptors (Lipinski definition) is 4. The molecule has 0 spiro atoms. The number of aliphatic carboxylic acids is 1. The van der Waals surface area contributed by atoms with Crippen molar-refractivity contribution in [3.05, 3.63) is 90.0 Å². The van der Waals surface area contributed by atoms with E-state index in [0.717, 1.165) is 10.5 Å². The predicted molar refractivity (Wildman–Crippen MR) is 124 cm³/mol. The van der Waals surface area contributed by atoms with Gasteiger partial charge in [-0.05, 0) is 48.0 Å². The molecule has 0 radical (unpaired) electrons. The van der Waals surface area contributed by atoms with Crippen molar-refractivity contribution < 1.29 is 14.7 Å². The zero-order valence-corrected chi connectivity index (χ0v) is 17.4. The fourth-order valence-corrected chi connectivity index (χ4v) is 4.13. The number of carboxylic acids is 1. The van der Waals surface area contributed by atoms with Crippen LogP contribution >= 0.6 is 11.8 Å². The molecule has 0 aliphatic heterocycles. The van der Waals surface area contributed by atoms with Crippen molar-refractivity contribution in [3.8, 4) is 0 Å². The minimum atomic E-state index is -0.867. The van der Waals surface area contributed by atoms with Gasteiger partial charge in [-0.25, -0.2) is 0 Å². The minimum absolute atomic E-state index is 0.00802. The van der Waals surface area contributed by atoms with Gasteiger partial charge in [-0.2, -0.15) is 0 Å². The molecule has 8 heteroatoms. The van der Waals surface area contributed by atoms with Gasteiger partial charge in [0.05, 0.1) is 6.42 Å². The fourth-order valence-electron chi connectivity index (χ4n) is 2.93. The molecule has 7 nitrogen and oxygen atoms in total. The van der Waals surface area contributed by atoms with Crippen LogP contribution in [-0.2, 0) is 4.79 Å². The third kappa shape index (κ3) is 6.61. The quantitative estimate of drug-likeness (QED) is 0.201. The zero-order chi connectivity index (χ0) is 22.2. The van der Waals surface area contributed by atoms with Gasteiger partial charge >= 0.3 is 5.97 Å². The first-order valence-corrected chi connectivity index (χ1v) is 10.3. The lowest BCUT2D eigenvalue weighted by Gasteiger charge is -2.16. The van der Waals surface area contributed by atoms with Crippen LogP contribution in [0.1, 0.15) is 27.6 Å². The molecule has 0 saturated heterocycles. The van der Waals surface area contributed by atoms with Crippen LogP contribution < -0.4 is 16.4 Å². The summed E-state index contributed by atoms with van der Waals surface area (Å²) in [5, 5.41) is 21.8. The maximum Gasteiger partial charge on any atom is 0.304 e. The lowest BCUT2D eigenvalue weighted by molar-refractivity contribution is -0.137. The number of thioether (sulfide) groups is 1. The van der Waals surface area contributed by atoms with Gasteiger partial charge in [-0.3, -0.25) is 15.0 Å². The van der Waals surface area contributed by atoms with E-state index in [-0.39, 0.29) is 23.5 Å². The van der Waals surface area contributed by atoms with Gasteiger partial charge in [0.2, 0.25) is 0 Å². The molecule has 0 saturated carbocycles. The van der Waals surface area contributed by atoms with E-state index in [1.165, 1.54) is 11.8 Å². The molecule has 1 amide bonds. The van der Waals surface area contributed by atoms with Crippen molar-refractivity contribution >= 4 is 41.0 Å². The summed E-state index contributed by atoms with van der Waals surface area (Å²) in [4.78, 5) is 24.8. The van der Waals surface area contributed by atoms with Crippen molar-refractivity contribution in [2.45, 2.75) is 16.6 Å². The molecular weight excluding hydrogens is 412 g/mol. The van der Waals surface area contributed by atoms with Crippen LogP contribution in [0.4, 0.5) is 11.4 Å². The number of nitrogens with one attached hydrogen (secondary N) is 3. The van der Waals surface area contributed by atoms with Crippen LogP contribution in [0.2, 0.25) is 0 Å². The molecule has 0 aliphatic rings. The first kappa shape index (κ1) is 21.9. The Kier molecular flexibility index (Phi) is 7.29. The maximum absolute atomic E-state index is 12.6. The average Bonchev–Trinajstić information content (AvgIpc) is 2.74. The molecular formula is C23H22N4O3S. The summed E-state index contributed by atoms with van der Waals surface area (Å²) in [6.07, 6.45) is -0.00802. The van der Waals surface area contributed by atoms with Crippen LogP contribution in [0.5, 0.6) is 0 Å². The Bertz CT molecular complexity index is 1070. The zero-order valence-electron chi connectivity index (χ0n) is 16.5. The highest BCUT2D eigenvalue weighted by molar-refractivity contribution is 7.99. The smallest absolute Gasteiger partial charge is 0.304 e. The number of rotatable bonds is 8. The Hall–Kier alpha value is -3.78. The van der Waals surface area contributed by atoms with Crippen molar-refractivity contribution in [2.75, 3.05) is 10.6 Å². The monoisotopic (exact) mass is 434 g/mol. The molecule has 3 aromatic carbocycles. The summed E-state index contributed by atoms with van der Waals surface area (Å²) in [5.74, 6) is -1.32. The summed E-state index contributed by atoms with van der Waals surface area (Å²) >= 11 is 1.44. The highest BCUT2D eigenvalue weighted by Gasteiger charge is 2.17. The molecule has 3 aromatic rings. The third-order valence-electron chi connectivity index (χ3n) is 4.33. The number of amides is 1. The number of anilines is 2. The Morgan fingerprint density at radius 1 is 0.935 bits per heavy atom. The Labute approximate surface area is 184 Å². The minimum Gasteiger partial charge on any atom is -0.481 e. The molecule has 3 rings (SSSR count). The number of guanidine groups is 1. The average molecular weight is 435 g/mol. The number of benzene rings is 3. The largest absolute Gasteiger partial charge is 0.481 e. The van der Waals surface area contributed by atoms with Crippen molar-refractivity contribution in [2.24, 2.45) is 5.73 Å². The molecule has 31 heavy (non-hydrogen) atoms. The summed E-state index contributed by atoms with van der Waals surface area (Å²) in [5.41, 5.74) is 7.92. The van der Waals surface area contributed by atoms with Crippen LogP contribution in [0.25, 0.3) is 0 Å². The van der Waals surface area contributed by atoms with Gasteiger partial charge in [-0.1, -0.05) is 36.4 Å². The lowest BCUT2D eigenvalue weighted by atomic mass is 10.1. The van der Waals surface area contributed by atoms with Crippen molar-refractivity contribution in [3.63, 3.8) is 0 Å². The van der Waals surface area contributed by atoms with Gasteiger partial charge in [-0.15, -0.1) is 11.8 Å². The van der Waals surface area contributed by atoms with E-state index in [9.17, 15) is 14.7 Å². The normalized spacial score (nSPS) is 11.4. The van der Waals surface area contributed by atoms with Gasteiger partial charge in [0.1, 0.15) is 0 Å². The number of carbonyl (C=O) groups excluding carboxylic acids is 1. The highest BCUT2D eigenvalue weighted by Crippen LogP contribution is 2.38. The molecule has 0 bridgehead atoms. The topological polar surface area (TPSA) is 128 Å². The number of nitrogens with two attached hydrogens (primary N) is 1. The second-order valence-corrected chi connectivity index (χ2v) is 7.99. The Balaban J connectivity index is 1.71. The number of carboxylic acid groups (broad SMARTS) is 1. The SMILES string of the molecule is N=C(N)Nc1ccc(C(=O)Nc2cccc(SC(CC(=O)O)c3ccccc3)c2)cc1. The summed E-state index contributed by atoms with van der Waals surface area (Å²) < 4.78 is 0. The van der Waals surface area contributed by atoms with E-state index in [4.69, 9.17) is 11.1 Å². The molecule has 0 fully saturated rings. The molecule has 158 valence electrons. The van der Waals surface area contributed by atoms with Crippen LogP contribution in [0.3, 0.4) is 0 Å². The number of hydrogen-bond donors (Lipinski definition) is 5. The first-order valence-electron chi connectivity index (χ1n) is 9.46. The highest BCUT2D eigenvalue weighted by atomic mass is 32.2. The van der Waals surface area contributed by atoms with Gasteiger partial charge in [0.25, 0.3) is 5.91 Å². The van der Waals surface area contributed by atoms with E-state index in [1.54, 1.807) is 30.3 Å². The van der Waals surface area contributed by atoms with Crippen molar-refractivity contribution in [1.82, 2.24) is 0 Å². The van der Waals surface area contributed by atoms with Crippen molar-refractivity contribution in [1.29, 1.82) is 5.41 Å². The molecule has 1 atom stereocenters. The first-order chi connectivity index (χ1) is 14.9. The second-order valence-electron chi connectivity index (χ2n) is 6.71. The summed E-state index contributed by atoms with van der Waals surface area (Å²) in [7, 11) is 0. The molecule has 0 heterocycles. The number of carbonyl (C=O) groups is 2. The maximum atomic E-state index is 12.6. The summed E-state index contributed by atoms with van der Waals surface area (Å²) in [6.45, 7) is 0. The molecule has 0 aliphatic carbocycles. The van der Waals surface area contributed by atoms with Gasteiger partial charge in [0, 0.05) is 27.1 Å². The van der Waals surface area contributed by atoms with E-state index in [2.05, 4.69) is 10.6 Å². The van der Waals surface area contributed by atoms with E-state index in [0.29, 0.717) is 16.9 Å². The van der Waals surface area contributed by atoms with Crippen LogP contribution in [0, 0.1) is 5.41 Å².